The first kappa shape index (κ1) is 14.2. The zero-order chi connectivity index (χ0) is 15.5. The molecule has 3 rings (SSSR count). The molecule has 0 aliphatic carbocycles. The van der Waals surface area contributed by atoms with Crippen molar-refractivity contribution in [1.29, 1.82) is 0 Å². The van der Waals surface area contributed by atoms with E-state index in [4.69, 9.17) is 16.1 Å². The Kier molecular flexibility index (Phi) is 3.84. The lowest BCUT2D eigenvalue weighted by Gasteiger charge is -2.06. The molecule has 9 heteroatoms. The summed E-state index contributed by atoms with van der Waals surface area (Å²) in [5.74, 6) is 1.34. The zero-order valence-corrected chi connectivity index (χ0v) is 12.1. The highest BCUT2D eigenvalue weighted by atomic mass is 35.5. The van der Waals surface area contributed by atoms with Gasteiger partial charge in [-0.05, 0) is 25.1 Å². The molecule has 0 bridgehead atoms. The quantitative estimate of drug-likeness (QED) is 0.761. The van der Waals surface area contributed by atoms with E-state index in [0.29, 0.717) is 23.1 Å². The molecule has 2 N–H and O–H groups in total. The minimum Gasteiger partial charge on any atom is -0.360 e. The van der Waals surface area contributed by atoms with E-state index in [1.54, 1.807) is 13.0 Å². The highest BCUT2D eigenvalue weighted by Crippen LogP contribution is 2.22. The van der Waals surface area contributed by atoms with Crippen LogP contribution in [0, 0.1) is 12.7 Å². The SMILES string of the molecule is Cc1cc(Nc2cnnc(Nc3ccc(F)c(Cl)c3)n2)no1. The Morgan fingerprint density at radius 2 is 2.05 bits per heavy atom. The molecule has 0 aliphatic heterocycles. The van der Waals surface area contributed by atoms with Crippen LogP contribution < -0.4 is 10.6 Å². The molecular formula is C13H10ClFN6O. The topological polar surface area (TPSA) is 88.8 Å². The highest BCUT2D eigenvalue weighted by molar-refractivity contribution is 6.31. The van der Waals surface area contributed by atoms with Crippen molar-refractivity contribution in [3.05, 3.63) is 47.1 Å². The van der Waals surface area contributed by atoms with Crippen LogP contribution in [0.5, 0.6) is 0 Å². The van der Waals surface area contributed by atoms with Gasteiger partial charge in [0, 0.05) is 11.8 Å². The third kappa shape index (κ3) is 3.29. The summed E-state index contributed by atoms with van der Waals surface area (Å²) in [7, 11) is 0. The van der Waals surface area contributed by atoms with Crippen LogP contribution in [0.25, 0.3) is 0 Å². The van der Waals surface area contributed by atoms with Gasteiger partial charge in [0.15, 0.2) is 11.6 Å². The van der Waals surface area contributed by atoms with Gasteiger partial charge in [-0.1, -0.05) is 16.8 Å². The van der Waals surface area contributed by atoms with Crippen LogP contribution in [0.2, 0.25) is 5.02 Å². The minimum atomic E-state index is -0.497. The lowest BCUT2D eigenvalue weighted by Crippen LogP contribution is -2.02. The van der Waals surface area contributed by atoms with E-state index in [1.807, 2.05) is 0 Å². The maximum atomic E-state index is 13.1. The van der Waals surface area contributed by atoms with Gasteiger partial charge in [-0.3, -0.25) is 0 Å². The highest BCUT2D eigenvalue weighted by Gasteiger charge is 2.06. The molecular weight excluding hydrogens is 311 g/mol. The standard InChI is InChI=1S/C13H10ClFN6O/c1-7-4-11(21-22-7)18-12-6-16-20-13(19-12)17-8-2-3-10(15)9(14)5-8/h2-6H,1H3,(H2,17,18,19,20,21). The Bertz CT molecular complexity index is 809. The second kappa shape index (κ2) is 5.94. The number of nitrogens with one attached hydrogen (secondary N) is 2. The molecule has 0 aliphatic rings. The largest absolute Gasteiger partial charge is 0.360 e. The smallest absolute Gasteiger partial charge is 0.249 e. The lowest BCUT2D eigenvalue weighted by molar-refractivity contribution is 0.400. The van der Waals surface area contributed by atoms with E-state index in [-0.39, 0.29) is 11.0 Å². The number of nitrogens with zero attached hydrogens (tertiary/aromatic N) is 4. The van der Waals surface area contributed by atoms with Crippen LogP contribution in [0.1, 0.15) is 5.76 Å². The van der Waals surface area contributed by atoms with Crippen molar-refractivity contribution < 1.29 is 8.91 Å². The summed E-state index contributed by atoms with van der Waals surface area (Å²) in [6.07, 6.45) is 1.44. The number of anilines is 4. The number of benzene rings is 1. The summed E-state index contributed by atoms with van der Waals surface area (Å²) in [5.41, 5.74) is 0.544. The number of aromatic nitrogens is 4. The monoisotopic (exact) mass is 320 g/mol. The van der Waals surface area contributed by atoms with E-state index in [0.717, 1.165) is 0 Å². The fraction of sp³-hybridized carbons (Fsp3) is 0.0769. The van der Waals surface area contributed by atoms with Gasteiger partial charge < -0.3 is 15.2 Å². The zero-order valence-electron chi connectivity index (χ0n) is 11.3. The summed E-state index contributed by atoms with van der Waals surface area (Å²) in [4.78, 5) is 4.21. The van der Waals surface area contributed by atoms with Crippen molar-refractivity contribution in [1.82, 2.24) is 20.3 Å². The Morgan fingerprint density at radius 1 is 1.18 bits per heavy atom. The van der Waals surface area contributed by atoms with Crippen molar-refractivity contribution in [2.24, 2.45) is 0 Å². The maximum absolute atomic E-state index is 13.1. The second-order valence-corrected chi connectivity index (χ2v) is 4.77. The predicted molar refractivity (Wildman–Crippen MR) is 79.0 cm³/mol. The molecule has 112 valence electrons. The van der Waals surface area contributed by atoms with E-state index < -0.39 is 5.82 Å². The molecule has 0 spiro atoms. The van der Waals surface area contributed by atoms with Gasteiger partial charge in [-0.15, -0.1) is 5.10 Å². The molecule has 0 fully saturated rings. The van der Waals surface area contributed by atoms with Gasteiger partial charge in [0.05, 0.1) is 11.2 Å². The molecule has 0 radical (unpaired) electrons. The maximum Gasteiger partial charge on any atom is 0.249 e. The van der Waals surface area contributed by atoms with E-state index in [2.05, 4.69) is 31.0 Å². The Labute approximate surface area is 129 Å². The molecule has 7 nitrogen and oxygen atoms in total. The molecule has 0 atom stereocenters. The van der Waals surface area contributed by atoms with Crippen molar-refractivity contribution in [3.8, 4) is 0 Å². The fourth-order valence-electron chi connectivity index (χ4n) is 1.68. The molecule has 3 aromatic rings. The number of aryl methyl sites for hydroxylation is 1. The summed E-state index contributed by atoms with van der Waals surface area (Å²) in [6.45, 7) is 1.78. The summed E-state index contributed by atoms with van der Waals surface area (Å²) in [5, 5.41) is 17.3. The van der Waals surface area contributed by atoms with Crippen LogP contribution >= 0.6 is 11.6 Å². The molecule has 2 aromatic heterocycles. The third-order valence-electron chi connectivity index (χ3n) is 2.62. The van der Waals surface area contributed by atoms with Gasteiger partial charge >= 0.3 is 0 Å². The lowest BCUT2D eigenvalue weighted by atomic mass is 10.3. The minimum absolute atomic E-state index is 0.00492. The Balaban J connectivity index is 1.77. The number of halogens is 2. The van der Waals surface area contributed by atoms with Crippen molar-refractivity contribution in [2.75, 3.05) is 10.6 Å². The first-order valence-electron chi connectivity index (χ1n) is 6.22. The Morgan fingerprint density at radius 3 is 2.77 bits per heavy atom. The van der Waals surface area contributed by atoms with Crippen molar-refractivity contribution in [3.63, 3.8) is 0 Å². The number of hydrogen-bond donors (Lipinski definition) is 2. The van der Waals surface area contributed by atoms with Gasteiger partial charge in [0.25, 0.3) is 0 Å². The van der Waals surface area contributed by atoms with Gasteiger partial charge in [0.2, 0.25) is 5.95 Å². The van der Waals surface area contributed by atoms with E-state index >= 15 is 0 Å². The number of hydrogen-bond acceptors (Lipinski definition) is 7. The Hall–Kier alpha value is -2.74. The van der Waals surface area contributed by atoms with Crippen molar-refractivity contribution >= 4 is 34.9 Å². The van der Waals surface area contributed by atoms with Gasteiger partial charge in [-0.2, -0.15) is 10.1 Å². The fourth-order valence-corrected chi connectivity index (χ4v) is 1.86. The molecule has 0 saturated carbocycles. The van der Waals surface area contributed by atoms with Crippen LogP contribution in [-0.4, -0.2) is 20.3 Å². The molecule has 1 aromatic carbocycles. The average Bonchev–Trinajstić information content (AvgIpc) is 2.89. The summed E-state index contributed by atoms with van der Waals surface area (Å²) < 4.78 is 18.1. The van der Waals surface area contributed by atoms with E-state index in [1.165, 1.54) is 24.4 Å². The summed E-state index contributed by atoms with van der Waals surface area (Å²) >= 11 is 5.72. The van der Waals surface area contributed by atoms with Crippen LogP contribution in [0.15, 0.2) is 35.0 Å². The van der Waals surface area contributed by atoms with E-state index in [9.17, 15) is 4.39 Å². The average molecular weight is 321 g/mol. The van der Waals surface area contributed by atoms with Gasteiger partial charge in [0.1, 0.15) is 11.6 Å². The van der Waals surface area contributed by atoms with Crippen molar-refractivity contribution in [2.45, 2.75) is 6.92 Å². The van der Waals surface area contributed by atoms with Gasteiger partial charge in [-0.25, -0.2) is 4.39 Å². The molecule has 0 unspecified atom stereocenters. The second-order valence-electron chi connectivity index (χ2n) is 4.37. The molecule has 0 saturated heterocycles. The van der Waals surface area contributed by atoms with Crippen LogP contribution in [0.4, 0.5) is 27.7 Å². The normalized spacial score (nSPS) is 10.5. The molecule has 2 heterocycles. The molecule has 22 heavy (non-hydrogen) atoms. The third-order valence-corrected chi connectivity index (χ3v) is 2.91. The first-order valence-corrected chi connectivity index (χ1v) is 6.60. The summed E-state index contributed by atoms with van der Waals surface area (Å²) in [6, 6.07) is 5.92. The first-order chi connectivity index (χ1) is 10.6. The van der Waals surface area contributed by atoms with Crippen LogP contribution in [-0.2, 0) is 0 Å². The number of rotatable bonds is 4. The molecule has 0 amide bonds. The van der Waals surface area contributed by atoms with Crippen LogP contribution in [0.3, 0.4) is 0 Å². The predicted octanol–water partition coefficient (Wildman–Crippen LogP) is 3.45.